The molecule has 4 rings (SSSR count). The molecule has 1 atom stereocenters. The van der Waals surface area contributed by atoms with Crippen molar-refractivity contribution < 1.29 is 4.74 Å². The molecule has 25 heavy (non-hydrogen) atoms. The Morgan fingerprint density at radius 1 is 1.16 bits per heavy atom. The molecule has 1 radical (unpaired) electrons. The maximum atomic E-state index is 6.36. The van der Waals surface area contributed by atoms with E-state index in [9.17, 15) is 0 Å². The van der Waals surface area contributed by atoms with Crippen molar-refractivity contribution in [2.24, 2.45) is 0 Å². The Labute approximate surface area is 150 Å². The van der Waals surface area contributed by atoms with Crippen LogP contribution in [0.5, 0.6) is 0 Å². The molecule has 2 aromatic carbocycles. The van der Waals surface area contributed by atoms with Gasteiger partial charge in [0.2, 0.25) is 0 Å². The summed E-state index contributed by atoms with van der Waals surface area (Å²) in [7, 11) is 4.12. The summed E-state index contributed by atoms with van der Waals surface area (Å²) in [5.41, 5.74) is 4.42. The monoisotopic (exact) mass is 333 g/mol. The fourth-order valence-corrected chi connectivity index (χ4v) is 4.14. The molecule has 0 spiro atoms. The van der Waals surface area contributed by atoms with Crippen molar-refractivity contribution in [3.8, 4) is 0 Å². The van der Waals surface area contributed by atoms with Gasteiger partial charge < -0.3 is 14.5 Å². The summed E-state index contributed by atoms with van der Waals surface area (Å²) in [6, 6.07) is 18.1. The third kappa shape index (κ3) is 2.30. The van der Waals surface area contributed by atoms with Crippen LogP contribution in [0.25, 0.3) is 6.08 Å². The van der Waals surface area contributed by atoms with Crippen molar-refractivity contribution in [3.63, 3.8) is 0 Å². The largest absolute Gasteiger partial charge is 0.378 e. The van der Waals surface area contributed by atoms with Crippen LogP contribution in [0.15, 0.2) is 48.5 Å². The van der Waals surface area contributed by atoms with Crippen LogP contribution in [0.2, 0.25) is 0 Å². The summed E-state index contributed by atoms with van der Waals surface area (Å²) in [5.74, 6) is 0. The third-order valence-electron chi connectivity index (χ3n) is 5.65. The first-order valence-corrected chi connectivity index (χ1v) is 8.84. The van der Waals surface area contributed by atoms with Crippen LogP contribution in [-0.4, -0.2) is 33.0 Å². The van der Waals surface area contributed by atoms with Crippen LogP contribution in [0.4, 0.5) is 11.4 Å². The van der Waals surface area contributed by atoms with Gasteiger partial charge >= 0.3 is 0 Å². The lowest BCUT2D eigenvalue weighted by atomic mass is 9.77. The first kappa shape index (κ1) is 16.2. The Balaban J connectivity index is 1.71. The molecule has 0 bridgehead atoms. The molecular formula is C22H25N2O. The molecule has 0 aromatic heterocycles. The minimum absolute atomic E-state index is 0.128. The standard InChI is InChI=1S/C22H25N2O/c1-21(2)19-7-5-6-8-20(19)24-15-16-25-22(21,24)14-13-17-9-11-18(12-10-17)23(3)4/h6-14H,15-16H2,1-4H3/b14-13+. The van der Waals surface area contributed by atoms with Crippen LogP contribution in [0.3, 0.4) is 0 Å². The quantitative estimate of drug-likeness (QED) is 0.841. The molecule has 0 N–H and O–H groups in total. The van der Waals surface area contributed by atoms with Crippen LogP contribution < -0.4 is 9.80 Å². The van der Waals surface area contributed by atoms with E-state index in [1.54, 1.807) is 0 Å². The smallest absolute Gasteiger partial charge is 0.170 e. The highest BCUT2D eigenvalue weighted by molar-refractivity contribution is 5.70. The van der Waals surface area contributed by atoms with Gasteiger partial charge in [0.05, 0.1) is 6.61 Å². The van der Waals surface area contributed by atoms with Gasteiger partial charge in [0, 0.05) is 37.4 Å². The van der Waals surface area contributed by atoms with Crippen LogP contribution in [-0.2, 0) is 10.2 Å². The van der Waals surface area contributed by atoms with Crippen molar-refractivity contribution in [1.82, 2.24) is 0 Å². The number of nitrogens with zero attached hydrogens (tertiary/aromatic N) is 2. The number of hydrogen-bond donors (Lipinski definition) is 0. The van der Waals surface area contributed by atoms with Gasteiger partial charge in [0.1, 0.15) is 0 Å². The summed E-state index contributed by atoms with van der Waals surface area (Å²) in [4.78, 5) is 4.52. The molecule has 129 valence electrons. The molecule has 1 fully saturated rings. The van der Waals surface area contributed by atoms with E-state index in [1.807, 2.05) is 6.07 Å². The minimum atomic E-state index is -0.426. The average Bonchev–Trinajstić information content (AvgIpc) is 3.12. The fourth-order valence-electron chi connectivity index (χ4n) is 4.14. The molecule has 1 saturated heterocycles. The molecule has 0 amide bonds. The molecule has 3 heteroatoms. The highest BCUT2D eigenvalue weighted by Gasteiger charge is 2.58. The number of ether oxygens (including phenoxy) is 1. The number of benzene rings is 2. The second-order valence-electron chi connectivity index (χ2n) is 7.58. The van der Waals surface area contributed by atoms with E-state index in [2.05, 4.69) is 92.4 Å². The molecular weight excluding hydrogens is 308 g/mol. The SMILES string of the molecule is CN(C)c1ccc(/C=C/C23OCCN2c2cc[c]cc2C3(C)C)cc1. The lowest BCUT2D eigenvalue weighted by molar-refractivity contribution is 0.000333. The average molecular weight is 333 g/mol. The topological polar surface area (TPSA) is 15.7 Å². The zero-order chi connectivity index (χ0) is 17.7. The molecule has 2 aromatic rings. The maximum absolute atomic E-state index is 6.36. The van der Waals surface area contributed by atoms with Gasteiger partial charge in [-0.25, -0.2) is 0 Å². The van der Waals surface area contributed by atoms with Crippen molar-refractivity contribution >= 4 is 17.5 Å². The van der Waals surface area contributed by atoms with Crippen LogP contribution >= 0.6 is 0 Å². The molecule has 2 aliphatic rings. The van der Waals surface area contributed by atoms with Gasteiger partial charge in [-0.05, 0) is 47.5 Å². The summed E-state index contributed by atoms with van der Waals surface area (Å²) in [6.07, 6.45) is 4.43. The summed E-state index contributed by atoms with van der Waals surface area (Å²) in [5, 5.41) is 0. The zero-order valence-electron chi connectivity index (χ0n) is 15.4. The second kappa shape index (κ2) is 5.63. The predicted octanol–water partition coefficient (Wildman–Crippen LogP) is 4.09. The van der Waals surface area contributed by atoms with E-state index in [4.69, 9.17) is 4.74 Å². The van der Waals surface area contributed by atoms with Crippen molar-refractivity contribution in [1.29, 1.82) is 0 Å². The van der Waals surface area contributed by atoms with Gasteiger partial charge in [-0.2, -0.15) is 0 Å². The molecule has 3 nitrogen and oxygen atoms in total. The second-order valence-corrected chi connectivity index (χ2v) is 7.58. The van der Waals surface area contributed by atoms with E-state index in [0.717, 1.165) is 13.2 Å². The van der Waals surface area contributed by atoms with Crippen molar-refractivity contribution in [2.45, 2.75) is 25.0 Å². The van der Waals surface area contributed by atoms with Crippen LogP contribution in [0.1, 0.15) is 25.0 Å². The summed E-state index contributed by atoms with van der Waals surface area (Å²) < 4.78 is 6.36. The van der Waals surface area contributed by atoms with E-state index in [0.29, 0.717) is 0 Å². The molecule has 2 aliphatic heterocycles. The Morgan fingerprint density at radius 2 is 1.92 bits per heavy atom. The predicted molar refractivity (Wildman–Crippen MR) is 104 cm³/mol. The van der Waals surface area contributed by atoms with Gasteiger partial charge in [-0.15, -0.1) is 0 Å². The molecule has 0 saturated carbocycles. The maximum Gasteiger partial charge on any atom is 0.170 e. The lowest BCUT2D eigenvalue weighted by Crippen LogP contribution is -2.51. The summed E-state index contributed by atoms with van der Waals surface area (Å²) in [6.45, 7) is 6.21. The van der Waals surface area contributed by atoms with Gasteiger partial charge in [0.25, 0.3) is 0 Å². The van der Waals surface area contributed by atoms with E-state index in [1.165, 1.54) is 22.5 Å². The normalized spacial score (nSPS) is 23.8. The lowest BCUT2D eigenvalue weighted by Gasteiger charge is -2.39. The Morgan fingerprint density at radius 3 is 2.64 bits per heavy atom. The molecule has 1 unspecified atom stereocenters. The Kier molecular flexibility index (Phi) is 3.66. The van der Waals surface area contributed by atoms with Gasteiger partial charge in [-0.3, -0.25) is 0 Å². The van der Waals surface area contributed by atoms with Crippen molar-refractivity contribution in [3.05, 3.63) is 65.7 Å². The number of rotatable bonds is 3. The first-order chi connectivity index (χ1) is 12.0. The third-order valence-corrected chi connectivity index (χ3v) is 5.65. The fraction of sp³-hybridized carbons (Fsp3) is 0.364. The van der Waals surface area contributed by atoms with Crippen molar-refractivity contribution in [2.75, 3.05) is 37.0 Å². The molecule has 0 aliphatic carbocycles. The minimum Gasteiger partial charge on any atom is -0.378 e. The van der Waals surface area contributed by atoms with Crippen LogP contribution in [0, 0.1) is 6.07 Å². The van der Waals surface area contributed by atoms with E-state index < -0.39 is 5.72 Å². The number of hydrogen-bond acceptors (Lipinski definition) is 3. The van der Waals surface area contributed by atoms with E-state index in [-0.39, 0.29) is 5.41 Å². The number of anilines is 2. The number of fused-ring (bicyclic) bond motifs is 3. The van der Waals surface area contributed by atoms with E-state index >= 15 is 0 Å². The highest BCUT2D eigenvalue weighted by atomic mass is 16.5. The first-order valence-electron chi connectivity index (χ1n) is 8.84. The van der Waals surface area contributed by atoms with Gasteiger partial charge in [0.15, 0.2) is 5.72 Å². The Bertz CT molecular complexity index is 807. The highest BCUT2D eigenvalue weighted by Crippen LogP contribution is 2.54. The molecule has 2 heterocycles. The summed E-state index contributed by atoms with van der Waals surface area (Å²) >= 11 is 0. The van der Waals surface area contributed by atoms with Gasteiger partial charge in [-0.1, -0.05) is 38.1 Å². The zero-order valence-corrected chi connectivity index (χ0v) is 15.4. The Hall–Kier alpha value is -2.26.